The second-order valence-corrected chi connectivity index (χ2v) is 2.08. The molecule has 1 atom stereocenters. The summed E-state index contributed by atoms with van der Waals surface area (Å²) in [5.74, 6) is 0. The molecule has 52 valence electrons. The third-order valence-electron chi connectivity index (χ3n) is 1.37. The molecule has 0 radical (unpaired) electrons. The van der Waals surface area contributed by atoms with Gasteiger partial charge >= 0.3 is 0 Å². The van der Waals surface area contributed by atoms with Gasteiger partial charge in [0.2, 0.25) is 0 Å². The molecule has 0 amide bonds. The topological polar surface area (TPSA) is 93.3 Å². The van der Waals surface area contributed by atoms with Crippen molar-refractivity contribution in [2.45, 2.75) is 6.04 Å². The summed E-state index contributed by atoms with van der Waals surface area (Å²) >= 11 is 0. The number of allylic oxidation sites excluding steroid dienone is 1. The van der Waals surface area contributed by atoms with E-state index in [0.717, 1.165) is 0 Å². The molecule has 1 saturated heterocycles. The molecule has 1 heterocycles. The van der Waals surface area contributed by atoms with Crippen molar-refractivity contribution in [3.63, 3.8) is 0 Å². The molecule has 4 nitrogen and oxygen atoms in total. The summed E-state index contributed by atoms with van der Waals surface area (Å²) in [6, 6.07) is 5.14. The summed E-state index contributed by atoms with van der Waals surface area (Å²) in [7, 11) is 0. The molecule has 0 saturated carbocycles. The van der Waals surface area contributed by atoms with Gasteiger partial charge in [0.05, 0.1) is 17.7 Å². The highest BCUT2D eigenvalue weighted by Gasteiger charge is 2.27. The van der Waals surface area contributed by atoms with Gasteiger partial charge in [-0.2, -0.15) is 15.8 Å². The van der Waals surface area contributed by atoms with Crippen LogP contribution in [0.25, 0.3) is 0 Å². The van der Waals surface area contributed by atoms with E-state index in [1.165, 1.54) is 0 Å². The summed E-state index contributed by atoms with van der Waals surface area (Å²) in [5, 5.41) is 28.2. The fourth-order valence-corrected chi connectivity index (χ4v) is 0.717. The van der Waals surface area contributed by atoms with Crippen molar-refractivity contribution >= 4 is 0 Å². The molecular formula is C7H4N4. The second kappa shape index (κ2) is 2.84. The molecule has 1 N–H and O–H groups in total. The van der Waals surface area contributed by atoms with Crippen LogP contribution in [0, 0.1) is 34.0 Å². The lowest BCUT2D eigenvalue weighted by Crippen LogP contribution is -1.97. The van der Waals surface area contributed by atoms with Gasteiger partial charge in [0.1, 0.15) is 17.7 Å². The molecule has 4 heteroatoms. The number of nitriles is 3. The Hall–Kier alpha value is -1.83. The van der Waals surface area contributed by atoms with E-state index in [9.17, 15) is 0 Å². The van der Waals surface area contributed by atoms with E-state index < -0.39 is 0 Å². The van der Waals surface area contributed by atoms with E-state index in [0.29, 0.717) is 6.54 Å². The Morgan fingerprint density at radius 1 is 1.18 bits per heavy atom. The maximum atomic E-state index is 8.52. The Balaban J connectivity index is 3.00. The lowest BCUT2D eigenvalue weighted by atomic mass is 10.1. The van der Waals surface area contributed by atoms with Crippen LogP contribution in [0.2, 0.25) is 0 Å². The van der Waals surface area contributed by atoms with Gasteiger partial charge < -0.3 is 5.32 Å². The molecular weight excluding hydrogens is 140 g/mol. The number of rotatable bonds is 1. The fourth-order valence-electron chi connectivity index (χ4n) is 0.717. The minimum atomic E-state index is -0.0810. The molecule has 0 aromatic rings. The lowest BCUT2D eigenvalue weighted by molar-refractivity contribution is 1.13. The predicted octanol–water partition coefficient (Wildman–Crippen LogP) is -0.174. The normalized spacial score (nSPS) is 18.8. The first-order valence-electron chi connectivity index (χ1n) is 3.01. The number of hydrogen-bond donors (Lipinski definition) is 1. The molecule has 0 bridgehead atoms. The van der Waals surface area contributed by atoms with E-state index in [2.05, 4.69) is 5.32 Å². The van der Waals surface area contributed by atoms with Crippen molar-refractivity contribution in [2.75, 3.05) is 6.54 Å². The summed E-state index contributed by atoms with van der Waals surface area (Å²) < 4.78 is 0. The van der Waals surface area contributed by atoms with Gasteiger partial charge in [0.15, 0.2) is 0 Å². The van der Waals surface area contributed by atoms with Gasteiger partial charge in [-0.05, 0) is 0 Å². The highest BCUT2D eigenvalue weighted by Crippen LogP contribution is 2.13. The van der Waals surface area contributed by atoms with Gasteiger partial charge in [0, 0.05) is 6.54 Å². The van der Waals surface area contributed by atoms with E-state index >= 15 is 0 Å². The van der Waals surface area contributed by atoms with Crippen molar-refractivity contribution in [1.82, 2.24) is 5.32 Å². The third-order valence-corrected chi connectivity index (χ3v) is 1.37. The SMILES string of the molecule is N#CC(C#N)=C(C#N)C1CN1. The van der Waals surface area contributed by atoms with E-state index in [-0.39, 0.29) is 17.2 Å². The molecule has 11 heavy (non-hydrogen) atoms. The van der Waals surface area contributed by atoms with E-state index in [1.807, 2.05) is 6.07 Å². The third kappa shape index (κ3) is 1.35. The van der Waals surface area contributed by atoms with Gasteiger partial charge in [0.25, 0.3) is 0 Å². The summed E-state index contributed by atoms with van der Waals surface area (Å²) in [4.78, 5) is 0. The van der Waals surface area contributed by atoms with Crippen LogP contribution in [0.3, 0.4) is 0 Å². The molecule has 1 aliphatic heterocycles. The molecule has 1 aliphatic rings. The molecule has 1 unspecified atom stereocenters. The van der Waals surface area contributed by atoms with Crippen LogP contribution in [-0.2, 0) is 0 Å². The van der Waals surface area contributed by atoms with Crippen LogP contribution in [0.5, 0.6) is 0 Å². The quantitative estimate of drug-likeness (QED) is 0.408. The van der Waals surface area contributed by atoms with Crippen molar-refractivity contribution in [2.24, 2.45) is 0 Å². The highest BCUT2D eigenvalue weighted by molar-refractivity contribution is 5.50. The van der Waals surface area contributed by atoms with Gasteiger partial charge in [-0.15, -0.1) is 0 Å². The maximum Gasteiger partial charge on any atom is 0.144 e. The van der Waals surface area contributed by atoms with Crippen LogP contribution in [0.1, 0.15) is 0 Å². The van der Waals surface area contributed by atoms with E-state index in [4.69, 9.17) is 15.8 Å². The van der Waals surface area contributed by atoms with Crippen LogP contribution in [-0.4, -0.2) is 12.6 Å². The fraction of sp³-hybridized carbons (Fsp3) is 0.286. The average Bonchev–Trinajstić information content (AvgIpc) is 2.82. The van der Waals surface area contributed by atoms with Crippen LogP contribution in [0.4, 0.5) is 0 Å². The average molecular weight is 144 g/mol. The Labute approximate surface area is 64.0 Å². The molecule has 1 rings (SSSR count). The Morgan fingerprint density at radius 3 is 2.00 bits per heavy atom. The summed E-state index contributed by atoms with van der Waals surface area (Å²) in [6.07, 6.45) is 0. The first-order chi connectivity index (χ1) is 5.33. The smallest absolute Gasteiger partial charge is 0.144 e. The zero-order valence-electron chi connectivity index (χ0n) is 5.63. The predicted molar refractivity (Wildman–Crippen MR) is 35.7 cm³/mol. The van der Waals surface area contributed by atoms with Crippen molar-refractivity contribution < 1.29 is 0 Å². The molecule has 0 spiro atoms. The minimum Gasteiger partial charge on any atom is -0.306 e. The maximum absolute atomic E-state index is 8.52. The number of nitrogens with zero attached hydrogens (tertiary/aromatic N) is 3. The van der Waals surface area contributed by atoms with Crippen LogP contribution >= 0.6 is 0 Å². The Morgan fingerprint density at radius 2 is 1.73 bits per heavy atom. The zero-order chi connectivity index (χ0) is 8.27. The minimum absolute atomic E-state index is 0.0608. The van der Waals surface area contributed by atoms with Crippen molar-refractivity contribution in [1.29, 1.82) is 15.8 Å². The molecule has 0 aromatic heterocycles. The second-order valence-electron chi connectivity index (χ2n) is 2.08. The standard InChI is InChI=1S/C7H4N4/c8-1-5(2-9)6(3-10)7-4-11-7/h7,11H,4H2. The first-order valence-corrected chi connectivity index (χ1v) is 3.01. The number of nitrogens with one attached hydrogen (secondary N) is 1. The summed E-state index contributed by atoms with van der Waals surface area (Å²) in [5.41, 5.74) is 0.178. The van der Waals surface area contributed by atoms with Crippen LogP contribution < -0.4 is 5.32 Å². The van der Waals surface area contributed by atoms with Gasteiger partial charge in [-0.3, -0.25) is 0 Å². The first kappa shape index (κ1) is 7.28. The van der Waals surface area contributed by atoms with E-state index in [1.54, 1.807) is 12.1 Å². The Bertz CT molecular complexity index is 300. The molecule has 1 fully saturated rings. The number of hydrogen-bond acceptors (Lipinski definition) is 4. The summed E-state index contributed by atoms with van der Waals surface area (Å²) in [6.45, 7) is 0.690. The molecule has 0 aromatic carbocycles. The van der Waals surface area contributed by atoms with Crippen molar-refractivity contribution in [3.05, 3.63) is 11.1 Å². The lowest BCUT2D eigenvalue weighted by Gasteiger charge is -1.88. The highest BCUT2D eigenvalue weighted by atomic mass is 15.1. The zero-order valence-corrected chi connectivity index (χ0v) is 5.63. The van der Waals surface area contributed by atoms with Crippen molar-refractivity contribution in [3.8, 4) is 18.2 Å². The monoisotopic (exact) mass is 144 g/mol. The van der Waals surface area contributed by atoms with Crippen LogP contribution in [0.15, 0.2) is 11.1 Å². The van der Waals surface area contributed by atoms with Gasteiger partial charge in [-0.25, -0.2) is 0 Å². The molecule has 0 aliphatic carbocycles. The largest absolute Gasteiger partial charge is 0.306 e. The Kier molecular flexibility index (Phi) is 1.88. The van der Waals surface area contributed by atoms with Gasteiger partial charge in [-0.1, -0.05) is 0 Å².